The topological polar surface area (TPSA) is 73.5 Å². The molecule has 6 heteroatoms. The van der Waals surface area contributed by atoms with Gasteiger partial charge in [0.1, 0.15) is 23.6 Å². The molecular weight excluding hydrogens is 444 g/mol. The Kier molecular flexibility index (Phi) is 5.54. The summed E-state index contributed by atoms with van der Waals surface area (Å²) >= 11 is 0. The fourth-order valence-corrected chi connectivity index (χ4v) is 5.12. The molecule has 0 amide bonds. The van der Waals surface area contributed by atoms with Crippen molar-refractivity contribution in [3.8, 4) is 34.9 Å². The van der Waals surface area contributed by atoms with Gasteiger partial charge in [-0.25, -0.2) is 15.0 Å². The second-order valence-corrected chi connectivity index (χ2v) is 9.57. The molecule has 0 radical (unpaired) electrons. The van der Waals surface area contributed by atoms with Gasteiger partial charge in [-0.3, -0.25) is 0 Å². The van der Waals surface area contributed by atoms with Crippen molar-refractivity contribution in [2.45, 2.75) is 32.6 Å². The molecule has 36 heavy (non-hydrogen) atoms. The Morgan fingerprint density at radius 1 is 0.917 bits per heavy atom. The lowest BCUT2D eigenvalue weighted by Crippen LogP contribution is -2.33. The van der Waals surface area contributed by atoms with Crippen LogP contribution in [0.1, 0.15) is 41.4 Å². The number of aromatic nitrogens is 5. The van der Waals surface area contributed by atoms with E-state index >= 15 is 0 Å². The number of nitrogens with zero attached hydrogens (tertiary/aromatic N) is 4. The van der Waals surface area contributed by atoms with Gasteiger partial charge in [0.25, 0.3) is 0 Å². The minimum atomic E-state index is 0.410. The number of benzene rings is 2. The molecule has 1 saturated heterocycles. The molecule has 178 valence electrons. The average Bonchev–Trinajstić information content (AvgIpc) is 3.53. The monoisotopic (exact) mass is 472 g/mol. The Balaban J connectivity index is 1.21. The molecule has 0 atom stereocenters. The molecule has 0 saturated carbocycles. The lowest BCUT2D eigenvalue weighted by Gasteiger charge is -2.32. The third kappa shape index (κ3) is 4.03. The number of piperidine rings is 1. The van der Waals surface area contributed by atoms with Gasteiger partial charge in [0, 0.05) is 30.3 Å². The third-order valence-corrected chi connectivity index (χ3v) is 7.19. The zero-order valence-electron chi connectivity index (χ0n) is 20.5. The van der Waals surface area contributed by atoms with Crippen molar-refractivity contribution in [1.82, 2.24) is 24.9 Å². The first-order chi connectivity index (χ1) is 17.6. The standard InChI is InChI=1S/C30H28N6/c1-4-21-7-11-22(12-8-21)26-17-25-29(34-26)31-18-32-30(25)36-15-13-24(14-16-36)28-33-20(3)27(35-28)23-9-5-19(2)6-10-23/h1,5-12,17-18,24H,13-16H2,2-3H3,(H,33,35)(H,31,32,34). The maximum Gasteiger partial charge on any atom is 0.143 e. The predicted octanol–water partition coefficient (Wildman–Crippen LogP) is 6.00. The van der Waals surface area contributed by atoms with Crippen LogP contribution in [0.25, 0.3) is 33.5 Å². The van der Waals surface area contributed by atoms with Crippen LogP contribution in [0.3, 0.4) is 0 Å². The smallest absolute Gasteiger partial charge is 0.143 e. The summed E-state index contributed by atoms with van der Waals surface area (Å²) in [5.74, 6) is 5.15. The van der Waals surface area contributed by atoms with Crippen LogP contribution < -0.4 is 4.90 Å². The Bertz CT molecular complexity index is 1560. The second kappa shape index (κ2) is 9.01. The molecule has 6 rings (SSSR count). The molecule has 0 aliphatic carbocycles. The highest BCUT2D eigenvalue weighted by atomic mass is 15.2. The highest BCUT2D eigenvalue weighted by Gasteiger charge is 2.26. The molecule has 0 bridgehead atoms. The lowest BCUT2D eigenvalue weighted by atomic mass is 9.96. The first kappa shape index (κ1) is 22.1. The fraction of sp³-hybridized carbons (Fsp3) is 0.233. The Labute approximate surface area is 210 Å². The molecule has 1 aliphatic rings. The summed E-state index contributed by atoms with van der Waals surface area (Å²) < 4.78 is 0. The highest BCUT2D eigenvalue weighted by molar-refractivity contribution is 5.92. The Hall–Kier alpha value is -4.37. The van der Waals surface area contributed by atoms with Crippen LogP contribution in [0.15, 0.2) is 60.9 Å². The van der Waals surface area contributed by atoms with E-state index in [4.69, 9.17) is 11.4 Å². The maximum atomic E-state index is 5.50. The van der Waals surface area contributed by atoms with Crippen LogP contribution in [0.5, 0.6) is 0 Å². The molecule has 2 N–H and O–H groups in total. The van der Waals surface area contributed by atoms with E-state index in [1.54, 1.807) is 6.33 Å². The molecule has 4 heterocycles. The van der Waals surface area contributed by atoms with Crippen molar-refractivity contribution in [3.63, 3.8) is 0 Å². The number of terminal acetylenes is 1. The van der Waals surface area contributed by atoms with E-state index in [2.05, 4.69) is 74.9 Å². The molecule has 2 aromatic carbocycles. The number of H-pyrrole nitrogens is 2. The Morgan fingerprint density at radius 3 is 2.36 bits per heavy atom. The number of fused-ring (bicyclic) bond motifs is 1. The van der Waals surface area contributed by atoms with Crippen LogP contribution in [-0.2, 0) is 0 Å². The molecule has 1 aliphatic heterocycles. The number of rotatable bonds is 4. The summed E-state index contributed by atoms with van der Waals surface area (Å²) in [6, 6.07) is 18.8. The van der Waals surface area contributed by atoms with Crippen molar-refractivity contribution < 1.29 is 0 Å². The largest absolute Gasteiger partial charge is 0.356 e. The Morgan fingerprint density at radius 2 is 1.64 bits per heavy atom. The number of hydrogen-bond acceptors (Lipinski definition) is 4. The van der Waals surface area contributed by atoms with Crippen LogP contribution in [-0.4, -0.2) is 38.0 Å². The first-order valence-corrected chi connectivity index (χ1v) is 12.4. The molecule has 1 fully saturated rings. The quantitative estimate of drug-likeness (QED) is 0.315. The summed E-state index contributed by atoms with van der Waals surface area (Å²) in [5, 5.41) is 1.04. The zero-order chi connectivity index (χ0) is 24.6. The number of imidazole rings is 1. The van der Waals surface area contributed by atoms with E-state index in [-0.39, 0.29) is 0 Å². The van der Waals surface area contributed by atoms with Gasteiger partial charge in [0.15, 0.2) is 0 Å². The van der Waals surface area contributed by atoms with Gasteiger partial charge in [-0.2, -0.15) is 0 Å². The van der Waals surface area contributed by atoms with Gasteiger partial charge < -0.3 is 14.9 Å². The SMILES string of the molecule is C#Cc1ccc(-c2cc3c(N4CCC(c5nc(C)c(-c6ccc(C)cc6)[nH]5)CC4)ncnc3[nH]2)cc1. The fourth-order valence-electron chi connectivity index (χ4n) is 5.12. The van der Waals surface area contributed by atoms with Crippen molar-refractivity contribution in [2.75, 3.05) is 18.0 Å². The van der Waals surface area contributed by atoms with E-state index in [9.17, 15) is 0 Å². The van der Waals surface area contributed by atoms with Crippen molar-refractivity contribution in [1.29, 1.82) is 0 Å². The minimum absolute atomic E-state index is 0.410. The summed E-state index contributed by atoms with van der Waals surface area (Å²) in [5.41, 5.74) is 8.45. The van der Waals surface area contributed by atoms with Crippen LogP contribution in [0.2, 0.25) is 0 Å². The van der Waals surface area contributed by atoms with E-state index in [1.807, 2.05) is 24.3 Å². The first-order valence-electron chi connectivity index (χ1n) is 12.4. The second-order valence-electron chi connectivity index (χ2n) is 9.57. The van der Waals surface area contributed by atoms with Crippen LogP contribution in [0.4, 0.5) is 5.82 Å². The molecule has 0 unspecified atom stereocenters. The number of nitrogens with one attached hydrogen (secondary N) is 2. The highest BCUT2D eigenvalue weighted by Crippen LogP contribution is 2.34. The zero-order valence-corrected chi connectivity index (χ0v) is 20.5. The summed E-state index contributed by atoms with van der Waals surface area (Å²) in [4.78, 5) is 23.5. The average molecular weight is 473 g/mol. The van der Waals surface area contributed by atoms with Gasteiger partial charge in [0.2, 0.25) is 0 Å². The van der Waals surface area contributed by atoms with Crippen molar-refractivity contribution in [2.24, 2.45) is 0 Å². The summed E-state index contributed by atoms with van der Waals surface area (Å²) in [6.45, 7) is 6.05. The van der Waals surface area contributed by atoms with Gasteiger partial charge in [-0.15, -0.1) is 6.42 Å². The van der Waals surface area contributed by atoms with E-state index in [0.717, 1.165) is 76.8 Å². The van der Waals surface area contributed by atoms with Gasteiger partial charge in [-0.1, -0.05) is 47.9 Å². The predicted molar refractivity (Wildman–Crippen MR) is 145 cm³/mol. The van der Waals surface area contributed by atoms with E-state index in [0.29, 0.717) is 5.92 Å². The van der Waals surface area contributed by atoms with Gasteiger partial charge >= 0.3 is 0 Å². The van der Waals surface area contributed by atoms with E-state index < -0.39 is 0 Å². The summed E-state index contributed by atoms with van der Waals surface area (Å²) in [7, 11) is 0. The minimum Gasteiger partial charge on any atom is -0.356 e. The summed E-state index contributed by atoms with van der Waals surface area (Å²) in [6.07, 6.45) is 9.20. The molecular formula is C30H28N6. The third-order valence-electron chi connectivity index (χ3n) is 7.19. The van der Waals surface area contributed by atoms with Crippen molar-refractivity contribution in [3.05, 3.63) is 83.6 Å². The number of hydrogen-bond donors (Lipinski definition) is 2. The molecule has 5 aromatic rings. The number of aromatic amines is 2. The molecule has 3 aromatic heterocycles. The van der Waals surface area contributed by atoms with Crippen LogP contribution in [0, 0.1) is 26.2 Å². The van der Waals surface area contributed by atoms with E-state index in [1.165, 1.54) is 11.1 Å². The number of anilines is 1. The van der Waals surface area contributed by atoms with Gasteiger partial charge in [-0.05, 0) is 56.0 Å². The van der Waals surface area contributed by atoms with Gasteiger partial charge in [0.05, 0.1) is 16.8 Å². The van der Waals surface area contributed by atoms with Crippen LogP contribution >= 0.6 is 0 Å². The molecule has 6 nitrogen and oxygen atoms in total. The number of aryl methyl sites for hydroxylation is 2. The lowest BCUT2D eigenvalue weighted by molar-refractivity contribution is 0.487. The maximum absolute atomic E-state index is 5.50. The van der Waals surface area contributed by atoms with Crippen molar-refractivity contribution >= 4 is 16.9 Å². The normalized spacial score (nSPS) is 14.3. The molecule has 0 spiro atoms.